The van der Waals surface area contributed by atoms with Crippen LogP contribution in [0.4, 0.5) is 81.7 Å². The summed E-state index contributed by atoms with van der Waals surface area (Å²) in [5, 5.41) is 12.1. The van der Waals surface area contributed by atoms with Gasteiger partial charge in [-0.1, -0.05) is 24.3 Å². The number of alkyl halides is 6. The van der Waals surface area contributed by atoms with Gasteiger partial charge in [0.1, 0.15) is 24.3 Å². The second kappa shape index (κ2) is 23.1. The van der Waals surface area contributed by atoms with E-state index in [1.54, 1.807) is 50.2 Å². The Morgan fingerprint density at radius 2 is 1.08 bits per heavy atom. The van der Waals surface area contributed by atoms with E-state index in [9.17, 15) is 44.7 Å². The summed E-state index contributed by atoms with van der Waals surface area (Å²) in [4.78, 5) is 56.4. The second-order valence-electron chi connectivity index (χ2n) is 17.6. The van der Waals surface area contributed by atoms with Gasteiger partial charge in [-0.05, 0) is 105 Å². The van der Waals surface area contributed by atoms with Crippen molar-refractivity contribution in [2.75, 3.05) is 57.2 Å². The van der Waals surface area contributed by atoms with Gasteiger partial charge in [0.15, 0.2) is 0 Å². The van der Waals surface area contributed by atoms with Gasteiger partial charge in [0, 0.05) is 67.3 Å². The highest BCUT2D eigenvalue weighted by molar-refractivity contribution is 5.98. The van der Waals surface area contributed by atoms with Crippen LogP contribution in [-0.4, -0.2) is 80.1 Å². The van der Waals surface area contributed by atoms with E-state index in [1.807, 2.05) is 9.80 Å². The molecule has 4 aromatic carbocycles. The van der Waals surface area contributed by atoms with Gasteiger partial charge >= 0.3 is 12.4 Å². The molecule has 0 saturated carbocycles. The minimum Gasteiger partial charge on any atom is -0.373 e. The number of anilines is 8. The van der Waals surface area contributed by atoms with Gasteiger partial charge in [0.05, 0.1) is 36.5 Å². The molecular formula is C50H50F8N12O4. The Bertz CT molecular complexity index is 2950. The van der Waals surface area contributed by atoms with E-state index in [2.05, 4.69) is 51.2 Å². The molecule has 8 rings (SSSR count). The first-order chi connectivity index (χ1) is 35.4. The van der Waals surface area contributed by atoms with Crippen molar-refractivity contribution in [3.63, 3.8) is 0 Å². The molecule has 0 spiro atoms. The van der Waals surface area contributed by atoms with Crippen LogP contribution in [0, 0.1) is 25.5 Å². The molecule has 6 aromatic rings. The summed E-state index contributed by atoms with van der Waals surface area (Å²) in [6.07, 6.45) is -5.21. The van der Waals surface area contributed by atoms with Gasteiger partial charge in [0.2, 0.25) is 35.6 Å². The number of nitrogens with zero attached hydrogens (tertiary/aromatic N) is 8. The maximum absolute atomic E-state index is 14.3. The molecule has 390 valence electrons. The van der Waals surface area contributed by atoms with Crippen LogP contribution < -0.4 is 31.1 Å². The monoisotopic (exact) mass is 1030 g/mol. The zero-order chi connectivity index (χ0) is 52.6. The molecule has 2 amide bonds. The van der Waals surface area contributed by atoms with E-state index in [1.165, 1.54) is 18.7 Å². The Morgan fingerprint density at radius 3 is 1.55 bits per heavy atom. The number of rotatable bonds is 17. The van der Waals surface area contributed by atoms with Gasteiger partial charge < -0.3 is 40.5 Å². The van der Waals surface area contributed by atoms with Crippen LogP contribution >= 0.6 is 0 Å². The molecule has 4 heterocycles. The Hall–Kier alpha value is -7.60. The van der Waals surface area contributed by atoms with Gasteiger partial charge in [-0.15, -0.1) is 0 Å². The number of benzene rings is 4. The molecule has 0 aliphatic carbocycles. The summed E-state index contributed by atoms with van der Waals surface area (Å²) in [7, 11) is 0. The fraction of sp³-hybridized carbons (Fsp3) is 0.360. The number of amides is 2. The average molecular weight is 1040 g/mol. The van der Waals surface area contributed by atoms with Gasteiger partial charge in [-0.3, -0.25) is 9.59 Å². The van der Waals surface area contributed by atoms with Gasteiger partial charge in [-0.2, -0.15) is 36.3 Å². The van der Waals surface area contributed by atoms with Crippen molar-refractivity contribution in [3.8, 4) is 0 Å². The molecule has 4 N–H and O–H groups in total. The van der Waals surface area contributed by atoms with Crippen LogP contribution in [0.25, 0.3) is 0 Å². The Labute approximate surface area is 419 Å². The summed E-state index contributed by atoms with van der Waals surface area (Å²) in [5.74, 6) is -1.76. The van der Waals surface area contributed by atoms with Crippen LogP contribution in [0.5, 0.6) is 0 Å². The van der Waals surface area contributed by atoms with Crippen LogP contribution in [0.3, 0.4) is 0 Å². The largest absolute Gasteiger partial charge is 0.419 e. The number of halogens is 8. The number of carbonyl (C=O) groups is 2. The third kappa shape index (κ3) is 13.7. The first kappa shape index (κ1) is 52.7. The van der Waals surface area contributed by atoms with Crippen LogP contribution in [0.15, 0.2) is 85.5 Å². The number of hydrogen-bond donors (Lipinski definition) is 4. The van der Waals surface area contributed by atoms with Crippen molar-refractivity contribution >= 4 is 58.4 Å². The molecule has 2 saturated heterocycles. The molecule has 0 bridgehead atoms. The summed E-state index contributed by atoms with van der Waals surface area (Å²) < 4.78 is 118. The van der Waals surface area contributed by atoms with Crippen molar-refractivity contribution < 1.29 is 54.2 Å². The number of hydrogen-bond acceptors (Lipinski definition) is 14. The number of ether oxygens (including phenoxy) is 2. The third-order valence-electron chi connectivity index (χ3n) is 12.5. The molecule has 2 fully saturated rings. The Morgan fingerprint density at radius 1 is 0.595 bits per heavy atom. The topological polar surface area (TPSA) is 185 Å². The van der Waals surface area contributed by atoms with E-state index in [-0.39, 0.29) is 73.1 Å². The van der Waals surface area contributed by atoms with Crippen molar-refractivity contribution in [3.05, 3.63) is 130 Å². The highest BCUT2D eigenvalue weighted by Crippen LogP contribution is 2.34. The highest BCUT2D eigenvalue weighted by Gasteiger charge is 2.35. The molecular weight excluding hydrogens is 985 g/mol. The van der Waals surface area contributed by atoms with Crippen LogP contribution in [-0.2, 0) is 44.6 Å². The fourth-order valence-electron chi connectivity index (χ4n) is 8.29. The molecule has 2 aromatic heterocycles. The van der Waals surface area contributed by atoms with Crippen LogP contribution in [0.2, 0.25) is 0 Å². The van der Waals surface area contributed by atoms with E-state index in [0.29, 0.717) is 104 Å². The van der Waals surface area contributed by atoms with Crippen molar-refractivity contribution in [1.82, 2.24) is 29.9 Å². The maximum atomic E-state index is 14.3. The molecule has 0 radical (unpaired) electrons. The van der Waals surface area contributed by atoms with E-state index < -0.39 is 35.1 Å². The third-order valence-corrected chi connectivity index (χ3v) is 12.5. The molecule has 24 heteroatoms. The van der Waals surface area contributed by atoms with Crippen molar-refractivity contribution in [2.24, 2.45) is 0 Å². The van der Waals surface area contributed by atoms with Crippen molar-refractivity contribution in [1.29, 1.82) is 0 Å². The van der Waals surface area contributed by atoms with Crippen molar-refractivity contribution in [2.45, 2.75) is 90.1 Å². The molecule has 16 nitrogen and oxygen atoms in total. The summed E-state index contributed by atoms with van der Waals surface area (Å²) >= 11 is 0. The molecule has 2 aliphatic heterocycles. The average Bonchev–Trinajstić information content (AvgIpc) is 3.37. The predicted octanol–water partition coefficient (Wildman–Crippen LogP) is 10.2. The van der Waals surface area contributed by atoms with Gasteiger partial charge in [-0.25, -0.2) is 28.7 Å². The summed E-state index contributed by atoms with van der Waals surface area (Å²) in [5.41, 5.74) is 1.49. The zero-order valence-corrected chi connectivity index (χ0v) is 40.0. The summed E-state index contributed by atoms with van der Waals surface area (Å²) in [6, 6.07) is 15.8. The van der Waals surface area contributed by atoms with E-state index in [4.69, 9.17) is 9.47 Å². The first-order valence-electron chi connectivity index (χ1n) is 23.5. The summed E-state index contributed by atoms with van der Waals surface area (Å²) in [6.45, 7) is 5.39. The lowest BCUT2D eigenvalue weighted by molar-refractivity contribution is -0.140. The first-order valence-corrected chi connectivity index (χ1v) is 23.5. The minimum atomic E-state index is -4.80. The molecule has 0 unspecified atom stereocenters. The standard InChI is InChI=1S/C50H50F8N12O4/c1-29-39(5-3-7-41(29)65-45-59-27-61-47(67-45)69-19-15-34(16-20-69)73-25-31-9-12-37(51)36(23-31)50(56,57)58)63-43(71)13-14-44(72)64-40-6-4-8-42(30(40)2)66-46-60-28-62-48(68-46)70-21-17-35(18-22-70)74-26-32-10-11-33(24-38(32)52)49(53,54)55/h3-12,23-24,27-28,34-35H,13-22,25-26H2,1-2H3,(H,63,71)(H,64,72)(H,59,61,65,67)(H,60,62,66,68). The second-order valence-corrected chi connectivity index (χ2v) is 17.6. The normalized spacial score (nSPS) is 14.7. The predicted molar refractivity (Wildman–Crippen MR) is 258 cm³/mol. The minimum absolute atomic E-state index is 0.0425. The smallest absolute Gasteiger partial charge is 0.373 e. The molecule has 0 atom stereocenters. The number of nitrogens with one attached hydrogen (secondary N) is 4. The lowest BCUT2D eigenvalue weighted by atomic mass is 10.1. The molecule has 2 aliphatic rings. The van der Waals surface area contributed by atoms with Gasteiger partial charge in [0.25, 0.3) is 0 Å². The lowest BCUT2D eigenvalue weighted by Gasteiger charge is -2.32. The quantitative estimate of drug-likeness (QED) is 0.0633. The number of piperidine rings is 2. The number of aromatic nitrogens is 6. The lowest BCUT2D eigenvalue weighted by Crippen LogP contribution is -2.38. The maximum Gasteiger partial charge on any atom is 0.419 e. The Kier molecular flexibility index (Phi) is 16.4. The zero-order valence-electron chi connectivity index (χ0n) is 40.0. The van der Waals surface area contributed by atoms with Crippen LogP contribution in [0.1, 0.15) is 71.9 Å². The highest BCUT2D eigenvalue weighted by atomic mass is 19.4. The van der Waals surface area contributed by atoms with E-state index >= 15 is 0 Å². The fourth-order valence-corrected chi connectivity index (χ4v) is 8.29. The Balaban J connectivity index is 0.772. The van der Waals surface area contributed by atoms with E-state index in [0.717, 1.165) is 24.3 Å². The number of carbonyl (C=O) groups excluding carboxylic acids is 2. The SMILES string of the molecule is Cc1c(NC(=O)CCC(=O)Nc2cccc(Nc3ncnc(N4CCC(OCc5ccc(C(F)(F)F)cc5F)CC4)n3)c2C)cccc1Nc1ncnc(N2CCC(OCc3ccc(F)c(C(F)(F)F)c3)CC2)n1. The molecule has 74 heavy (non-hydrogen) atoms.